The van der Waals surface area contributed by atoms with E-state index in [1.54, 1.807) is 26.0 Å². The third kappa shape index (κ3) is 3.61. The number of amides is 1. The van der Waals surface area contributed by atoms with Crippen LogP contribution in [-0.4, -0.2) is 24.1 Å². The maximum atomic E-state index is 12.7. The molecule has 0 aliphatic heterocycles. The van der Waals surface area contributed by atoms with Crippen LogP contribution in [0.4, 0.5) is 0 Å². The average Bonchev–Trinajstić information content (AvgIpc) is 2.91. The average molecular weight is 403 g/mol. The van der Waals surface area contributed by atoms with Crippen molar-refractivity contribution in [3.8, 4) is 0 Å². The molecule has 0 radical (unpaired) electrons. The Labute approximate surface area is 162 Å². The third-order valence-corrected chi connectivity index (χ3v) is 7.90. The number of hydrogen-bond acceptors (Lipinski definition) is 4. The number of thiazole rings is 1. The lowest BCUT2D eigenvalue weighted by atomic mass is 10.1. The fraction of sp³-hybridized carbons (Fsp3) is 0.300. The number of rotatable bonds is 3. The lowest BCUT2D eigenvalue weighted by Crippen LogP contribution is -2.15. The first-order valence-corrected chi connectivity index (χ1v) is 11.0. The zero-order valence-corrected chi connectivity index (χ0v) is 17.6. The summed E-state index contributed by atoms with van der Waals surface area (Å²) in [6.07, 6.45) is 0. The standard InChI is InChI=1S/C20H22N2O3S2/c1-12(2)27(24,25)16-8-6-7-15(11-16)19(23)21-20-22(5)17-10-13(3)9-14(4)18(17)26-20/h6-12H,1-5H3. The molecule has 0 saturated heterocycles. The number of fused-ring (bicyclic) bond motifs is 1. The van der Waals surface area contributed by atoms with E-state index < -0.39 is 21.0 Å². The molecule has 0 N–H and O–H groups in total. The van der Waals surface area contributed by atoms with Crippen LogP contribution in [0.5, 0.6) is 0 Å². The van der Waals surface area contributed by atoms with E-state index in [1.165, 1.54) is 23.5 Å². The maximum absolute atomic E-state index is 12.7. The van der Waals surface area contributed by atoms with Crippen molar-refractivity contribution in [2.75, 3.05) is 0 Å². The maximum Gasteiger partial charge on any atom is 0.279 e. The van der Waals surface area contributed by atoms with Gasteiger partial charge in [-0.15, -0.1) is 0 Å². The molecule has 0 fully saturated rings. The Hall–Kier alpha value is -2.25. The highest BCUT2D eigenvalue weighted by Crippen LogP contribution is 2.23. The van der Waals surface area contributed by atoms with Gasteiger partial charge in [0.2, 0.25) is 0 Å². The SMILES string of the molecule is Cc1cc(C)c2sc(=NC(=O)c3cccc(S(=O)(=O)C(C)C)c3)n(C)c2c1. The summed E-state index contributed by atoms with van der Waals surface area (Å²) in [5, 5.41) is -0.550. The number of aromatic nitrogens is 1. The van der Waals surface area contributed by atoms with Crippen LogP contribution in [0.1, 0.15) is 35.3 Å². The van der Waals surface area contributed by atoms with Gasteiger partial charge in [-0.1, -0.05) is 23.5 Å². The van der Waals surface area contributed by atoms with Crippen molar-refractivity contribution in [2.45, 2.75) is 37.8 Å². The van der Waals surface area contributed by atoms with Crippen LogP contribution in [0.25, 0.3) is 10.2 Å². The van der Waals surface area contributed by atoms with E-state index in [0.29, 0.717) is 4.80 Å². The molecule has 3 aromatic rings. The van der Waals surface area contributed by atoms with E-state index >= 15 is 0 Å². The highest BCUT2D eigenvalue weighted by atomic mass is 32.2. The second-order valence-electron chi connectivity index (χ2n) is 6.91. The predicted molar refractivity (Wildman–Crippen MR) is 109 cm³/mol. The number of nitrogens with zero attached hydrogens (tertiary/aromatic N) is 2. The largest absolute Gasteiger partial charge is 0.319 e. The molecule has 5 nitrogen and oxygen atoms in total. The van der Waals surface area contributed by atoms with Gasteiger partial charge in [-0.3, -0.25) is 4.79 Å². The topological polar surface area (TPSA) is 68.5 Å². The Balaban J connectivity index is 2.10. The fourth-order valence-corrected chi connectivity index (χ4v) is 5.07. The van der Waals surface area contributed by atoms with Gasteiger partial charge in [-0.25, -0.2) is 8.42 Å². The Bertz CT molecular complexity index is 1220. The lowest BCUT2D eigenvalue weighted by molar-refractivity contribution is 0.0997. The number of benzene rings is 2. The smallest absolute Gasteiger partial charge is 0.279 e. The number of carbonyl (C=O) groups excluding carboxylic acids is 1. The molecule has 2 aromatic carbocycles. The molecule has 1 heterocycles. The zero-order valence-electron chi connectivity index (χ0n) is 16.0. The summed E-state index contributed by atoms with van der Waals surface area (Å²) in [7, 11) is -1.56. The van der Waals surface area contributed by atoms with Crippen LogP contribution < -0.4 is 4.80 Å². The summed E-state index contributed by atoms with van der Waals surface area (Å²) in [6.45, 7) is 7.32. The molecule has 7 heteroatoms. The van der Waals surface area contributed by atoms with Crippen molar-refractivity contribution in [3.63, 3.8) is 0 Å². The van der Waals surface area contributed by atoms with Crippen molar-refractivity contribution < 1.29 is 13.2 Å². The second-order valence-corrected chi connectivity index (χ2v) is 10.4. The van der Waals surface area contributed by atoms with Gasteiger partial charge in [0.1, 0.15) is 0 Å². The lowest BCUT2D eigenvalue weighted by Gasteiger charge is -2.08. The molecule has 0 saturated carbocycles. The van der Waals surface area contributed by atoms with Gasteiger partial charge < -0.3 is 4.57 Å². The van der Waals surface area contributed by atoms with Crippen molar-refractivity contribution in [3.05, 3.63) is 57.9 Å². The number of sulfone groups is 1. The molecule has 0 bridgehead atoms. The van der Waals surface area contributed by atoms with Gasteiger partial charge in [0.25, 0.3) is 5.91 Å². The quantitative estimate of drug-likeness (QED) is 0.669. The van der Waals surface area contributed by atoms with Gasteiger partial charge in [-0.2, -0.15) is 4.99 Å². The van der Waals surface area contributed by atoms with Crippen LogP contribution in [-0.2, 0) is 16.9 Å². The molecular formula is C20H22N2O3S2. The van der Waals surface area contributed by atoms with Gasteiger partial charge in [0, 0.05) is 12.6 Å². The Morgan fingerprint density at radius 3 is 2.52 bits per heavy atom. The third-order valence-electron chi connectivity index (χ3n) is 4.47. The molecule has 0 spiro atoms. The summed E-state index contributed by atoms with van der Waals surface area (Å²) < 4.78 is 27.7. The minimum Gasteiger partial charge on any atom is -0.319 e. The summed E-state index contributed by atoms with van der Waals surface area (Å²) in [5.41, 5.74) is 3.59. The second kappa shape index (κ2) is 7.05. The Kier molecular flexibility index (Phi) is 5.10. The van der Waals surface area contributed by atoms with Crippen molar-refractivity contribution in [1.29, 1.82) is 0 Å². The van der Waals surface area contributed by atoms with E-state index in [-0.39, 0.29) is 10.5 Å². The summed E-state index contributed by atoms with van der Waals surface area (Å²) >= 11 is 1.45. The molecule has 1 aromatic heterocycles. The van der Waals surface area contributed by atoms with Gasteiger partial charge in [0.05, 0.1) is 20.4 Å². The molecule has 0 aliphatic rings. The minimum absolute atomic E-state index is 0.144. The van der Waals surface area contributed by atoms with Crippen LogP contribution in [0, 0.1) is 13.8 Å². The van der Waals surface area contributed by atoms with E-state index in [9.17, 15) is 13.2 Å². The molecule has 0 atom stereocenters. The first-order valence-electron chi connectivity index (χ1n) is 8.61. The number of aryl methyl sites for hydroxylation is 3. The van der Waals surface area contributed by atoms with Gasteiger partial charge in [0.15, 0.2) is 14.6 Å². The minimum atomic E-state index is -3.44. The summed E-state index contributed by atoms with van der Waals surface area (Å²) in [6, 6.07) is 10.3. The highest BCUT2D eigenvalue weighted by Gasteiger charge is 2.20. The molecule has 0 unspecified atom stereocenters. The molecule has 27 heavy (non-hydrogen) atoms. The summed E-state index contributed by atoms with van der Waals surface area (Å²) in [4.78, 5) is 17.7. The van der Waals surface area contributed by atoms with E-state index in [2.05, 4.69) is 17.1 Å². The monoisotopic (exact) mass is 402 g/mol. The molecule has 142 valence electrons. The first kappa shape index (κ1) is 19.5. The summed E-state index contributed by atoms with van der Waals surface area (Å²) in [5.74, 6) is -0.452. The molecule has 3 rings (SSSR count). The predicted octanol–water partition coefficient (Wildman–Crippen LogP) is 3.78. The zero-order chi connectivity index (χ0) is 19.9. The van der Waals surface area contributed by atoms with Crippen molar-refractivity contribution >= 4 is 37.3 Å². The van der Waals surface area contributed by atoms with Crippen molar-refractivity contribution in [1.82, 2.24) is 4.57 Å². The van der Waals surface area contributed by atoms with E-state index in [0.717, 1.165) is 21.3 Å². The van der Waals surface area contributed by atoms with Crippen LogP contribution in [0.3, 0.4) is 0 Å². The van der Waals surface area contributed by atoms with Gasteiger partial charge >= 0.3 is 0 Å². The van der Waals surface area contributed by atoms with Crippen molar-refractivity contribution in [2.24, 2.45) is 12.0 Å². The Morgan fingerprint density at radius 1 is 1.15 bits per heavy atom. The molecule has 0 aliphatic carbocycles. The Morgan fingerprint density at radius 2 is 1.85 bits per heavy atom. The highest BCUT2D eigenvalue weighted by molar-refractivity contribution is 7.92. The van der Waals surface area contributed by atoms with Gasteiger partial charge in [-0.05, 0) is 63.1 Å². The van der Waals surface area contributed by atoms with Crippen LogP contribution in [0.2, 0.25) is 0 Å². The van der Waals surface area contributed by atoms with E-state index in [1.807, 2.05) is 25.5 Å². The normalized spacial score (nSPS) is 12.9. The molecular weight excluding hydrogens is 380 g/mol. The van der Waals surface area contributed by atoms with E-state index in [4.69, 9.17) is 0 Å². The van der Waals surface area contributed by atoms with Crippen LogP contribution in [0.15, 0.2) is 46.3 Å². The number of hydrogen-bond donors (Lipinski definition) is 0. The first-order chi connectivity index (χ1) is 12.6. The fourth-order valence-electron chi connectivity index (χ4n) is 2.90. The van der Waals surface area contributed by atoms with Crippen LogP contribution >= 0.6 is 11.3 Å². The number of carbonyl (C=O) groups is 1. The molecule has 1 amide bonds.